The van der Waals surface area contributed by atoms with Crippen LogP contribution in [0.2, 0.25) is 5.02 Å². The van der Waals surface area contributed by atoms with Crippen molar-refractivity contribution in [1.29, 1.82) is 0 Å². The zero-order chi connectivity index (χ0) is 13.8. The molecule has 2 aromatic rings. The van der Waals surface area contributed by atoms with Crippen LogP contribution in [0.4, 0.5) is 0 Å². The van der Waals surface area contributed by atoms with Crippen molar-refractivity contribution in [3.05, 3.63) is 29.0 Å². The van der Waals surface area contributed by atoms with Gasteiger partial charge in [-0.1, -0.05) is 11.6 Å². The predicted octanol–water partition coefficient (Wildman–Crippen LogP) is 2.14. The zero-order valence-corrected chi connectivity index (χ0v) is 12.3. The molecule has 0 bridgehead atoms. The summed E-state index contributed by atoms with van der Waals surface area (Å²) >= 11 is 6.03. The van der Waals surface area contributed by atoms with Crippen LogP contribution in [-0.2, 0) is 13.0 Å². The number of aryl methyl sites for hydroxylation is 1. The molecule has 0 aliphatic rings. The van der Waals surface area contributed by atoms with Gasteiger partial charge < -0.3 is 15.2 Å². The summed E-state index contributed by atoms with van der Waals surface area (Å²) in [5, 5.41) is 0.732. The van der Waals surface area contributed by atoms with Gasteiger partial charge in [0.1, 0.15) is 5.82 Å². The van der Waals surface area contributed by atoms with E-state index in [1.165, 1.54) is 0 Å². The van der Waals surface area contributed by atoms with E-state index in [-0.39, 0.29) is 0 Å². The highest BCUT2D eigenvalue weighted by atomic mass is 35.5. The van der Waals surface area contributed by atoms with E-state index in [1.807, 2.05) is 18.2 Å². The first-order chi connectivity index (χ1) is 9.11. The predicted molar refractivity (Wildman–Crippen MR) is 80.7 cm³/mol. The molecule has 0 aliphatic heterocycles. The van der Waals surface area contributed by atoms with E-state index in [2.05, 4.69) is 23.6 Å². The molecule has 0 unspecified atom stereocenters. The molecule has 1 aromatic carbocycles. The van der Waals surface area contributed by atoms with E-state index in [1.54, 1.807) is 0 Å². The Kier molecular flexibility index (Phi) is 4.80. The summed E-state index contributed by atoms with van der Waals surface area (Å²) in [6.45, 7) is 2.62. The number of hydrogen-bond acceptors (Lipinski definition) is 3. The van der Waals surface area contributed by atoms with Gasteiger partial charge >= 0.3 is 0 Å². The molecule has 1 aromatic heterocycles. The van der Waals surface area contributed by atoms with Gasteiger partial charge in [-0.05, 0) is 45.3 Å². The summed E-state index contributed by atoms with van der Waals surface area (Å²) < 4.78 is 2.28. The van der Waals surface area contributed by atoms with Crippen molar-refractivity contribution in [1.82, 2.24) is 14.5 Å². The van der Waals surface area contributed by atoms with Crippen molar-refractivity contribution in [2.45, 2.75) is 19.4 Å². The van der Waals surface area contributed by atoms with Crippen molar-refractivity contribution < 1.29 is 0 Å². The Morgan fingerprint density at radius 2 is 2.16 bits per heavy atom. The molecule has 0 aliphatic carbocycles. The van der Waals surface area contributed by atoms with Crippen molar-refractivity contribution in [3.63, 3.8) is 0 Å². The highest BCUT2D eigenvalue weighted by Gasteiger charge is 2.10. The number of benzene rings is 1. The summed E-state index contributed by atoms with van der Waals surface area (Å²) in [6, 6.07) is 5.89. The molecule has 0 atom stereocenters. The van der Waals surface area contributed by atoms with Crippen LogP contribution >= 0.6 is 11.6 Å². The lowest BCUT2D eigenvalue weighted by Gasteiger charge is -2.13. The number of nitrogens with zero attached hydrogens (tertiary/aromatic N) is 3. The second kappa shape index (κ2) is 6.37. The number of imidazole rings is 1. The molecule has 0 spiro atoms. The normalized spacial score (nSPS) is 11.6. The Hall–Kier alpha value is -1.10. The molecule has 0 amide bonds. The Morgan fingerprint density at radius 1 is 1.37 bits per heavy atom. The number of aromatic nitrogens is 2. The van der Waals surface area contributed by atoms with Gasteiger partial charge in [-0.15, -0.1) is 0 Å². The molecule has 19 heavy (non-hydrogen) atoms. The maximum atomic E-state index is 6.03. The smallest absolute Gasteiger partial charge is 0.109 e. The Morgan fingerprint density at radius 3 is 2.84 bits per heavy atom. The molecule has 0 saturated carbocycles. The SMILES string of the molecule is CN(C)CCn1c(CCCN)nc2cc(Cl)ccc21. The quantitative estimate of drug-likeness (QED) is 0.882. The third-order valence-electron chi connectivity index (χ3n) is 3.16. The van der Waals surface area contributed by atoms with Crippen LogP contribution in [0.25, 0.3) is 11.0 Å². The molecule has 4 nitrogen and oxygen atoms in total. The fourth-order valence-electron chi connectivity index (χ4n) is 2.15. The van der Waals surface area contributed by atoms with Gasteiger partial charge in [0, 0.05) is 24.5 Å². The van der Waals surface area contributed by atoms with Crippen LogP contribution in [0.1, 0.15) is 12.2 Å². The highest BCUT2D eigenvalue weighted by molar-refractivity contribution is 6.31. The van der Waals surface area contributed by atoms with E-state index in [0.29, 0.717) is 6.54 Å². The third kappa shape index (κ3) is 3.47. The first kappa shape index (κ1) is 14.3. The second-order valence-electron chi connectivity index (χ2n) is 5.01. The minimum absolute atomic E-state index is 0.692. The lowest BCUT2D eigenvalue weighted by Crippen LogP contribution is -2.19. The van der Waals surface area contributed by atoms with Gasteiger partial charge in [-0.25, -0.2) is 4.98 Å². The molecule has 104 valence electrons. The minimum atomic E-state index is 0.692. The largest absolute Gasteiger partial charge is 0.330 e. The number of likely N-dealkylation sites (N-methyl/N-ethyl adjacent to an activating group) is 1. The lowest BCUT2D eigenvalue weighted by atomic mass is 10.3. The van der Waals surface area contributed by atoms with E-state index >= 15 is 0 Å². The van der Waals surface area contributed by atoms with Crippen LogP contribution < -0.4 is 5.73 Å². The summed E-state index contributed by atoms with van der Waals surface area (Å²) in [4.78, 5) is 6.87. The van der Waals surface area contributed by atoms with Gasteiger partial charge in [-0.3, -0.25) is 0 Å². The number of fused-ring (bicyclic) bond motifs is 1. The molecule has 0 fully saturated rings. The standard InChI is InChI=1S/C14H21ClN4/c1-18(2)8-9-19-13-6-5-11(15)10-12(13)17-14(19)4-3-7-16/h5-6,10H,3-4,7-9,16H2,1-2H3. The number of rotatable bonds is 6. The Labute approximate surface area is 119 Å². The average molecular weight is 281 g/mol. The molecular weight excluding hydrogens is 260 g/mol. The maximum Gasteiger partial charge on any atom is 0.109 e. The summed E-state index contributed by atoms with van der Waals surface area (Å²) in [5.74, 6) is 1.10. The number of hydrogen-bond donors (Lipinski definition) is 1. The van der Waals surface area contributed by atoms with Gasteiger partial charge in [0.25, 0.3) is 0 Å². The summed E-state index contributed by atoms with van der Waals surface area (Å²) in [5.41, 5.74) is 7.72. The Balaban J connectivity index is 2.36. The minimum Gasteiger partial charge on any atom is -0.330 e. The van der Waals surface area contributed by atoms with Crippen molar-refractivity contribution in [2.24, 2.45) is 5.73 Å². The Bertz CT molecular complexity index is 548. The molecular formula is C14H21ClN4. The van der Waals surface area contributed by atoms with E-state index < -0.39 is 0 Å². The molecule has 0 saturated heterocycles. The van der Waals surface area contributed by atoms with E-state index in [0.717, 1.165) is 47.8 Å². The highest BCUT2D eigenvalue weighted by Crippen LogP contribution is 2.21. The monoisotopic (exact) mass is 280 g/mol. The van der Waals surface area contributed by atoms with Crippen LogP contribution in [0.3, 0.4) is 0 Å². The fourth-order valence-corrected chi connectivity index (χ4v) is 2.32. The molecule has 5 heteroatoms. The van der Waals surface area contributed by atoms with Crippen LogP contribution in [0, 0.1) is 0 Å². The molecule has 1 heterocycles. The van der Waals surface area contributed by atoms with Gasteiger partial charge in [0.15, 0.2) is 0 Å². The summed E-state index contributed by atoms with van der Waals surface area (Å²) in [6.07, 6.45) is 1.87. The van der Waals surface area contributed by atoms with E-state index in [9.17, 15) is 0 Å². The average Bonchev–Trinajstić information content (AvgIpc) is 2.70. The van der Waals surface area contributed by atoms with Gasteiger partial charge in [-0.2, -0.15) is 0 Å². The first-order valence-electron chi connectivity index (χ1n) is 6.61. The third-order valence-corrected chi connectivity index (χ3v) is 3.40. The van der Waals surface area contributed by atoms with Crippen LogP contribution in [0.15, 0.2) is 18.2 Å². The first-order valence-corrected chi connectivity index (χ1v) is 6.99. The molecule has 0 radical (unpaired) electrons. The van der Waals surface area contributed by atoms with Crippen molar-refractivity contribution >= 4 is 22.6 Å². The lowest BCUT2D eigenvalue weighted by molar-refractivity contribution is 0.383. The second-order valence-corrected chi connectivity index (χ2v) is 5.44. The van der Waals surface area contributed by atoms with E-state index in [4.69, 9.17) is 22.3 Å². The zero-order valence-electron chi connectivity index (χ0n) is 11.6. The number of nitrogens with two attached hydrogens (primary N) is 1. The van der Waals surface area contributed by atoms with Crippen LogP contribution in [-0.4, -0.2) is 41.6 Å². The number of halogens is 1. The molecule has 2 N–H and O–H groups in total. The molecule has 2 rings (SSSR count). The summed E-state index contributed by atoms with van der Waals surface area (Å²) in [7, 11) is 4.16. The van der Waals surface area contributed by atoms with Gasteiger partial charge in [0.2, 0.25) is 0 Å². The van der Waals surface area contributed by atoms with Crippen molar-refractivity contribution in [2.75, 3.05) is 27.2 Å². The maximum absolute atomic E-state index is 6.03. The topological polar surface area (TPSA) is 47.1 Å². The fraction of sp³-hybridized carbons (Fsp3) is 0.500. The van der Waals surface area contributed by atoms with Crippen molar-refractivity contribution in [3.8, 4) is 0 Å². The van der Waals surface area contributed by atoms with Crippen LogP contribution in [0.5, 0.6) is 0 Å². The van der Waals surface area contributed by atoms with Gasteiger partial charge in [0.05, 0.1) is 11.0 Å².